The molecule has 0 spiro atoms. The Morgan fingerprint density at radius 1 is 1.24 bits per heavy atom. The molecule has 1 aromatic heterocycles. The molecule has 7 nitrogen and oxygen atoms in total. The summed E-state index contributed by atoms with van der Waals surface area (Å²) in [7, 11) is 0. The van der Waals surface area contributed by atoms with Crippen molar-refractivity contribution in [3.8, 4) is 0 Å². The third kappa shape index (κ3) is 2.55. The van der Waals surface area contributed by atoms with Crippen LogP contribution in [0.1, 0.15) is 0 Å². The Morgan fingerprint density at radius 3 is 2.59 bits per heavy atom. The lowest BCUT2D eigenvalue weighted by molar-refractivity contribution is -0.114. The Bertz CT molecular complexity index is 347. The highest BCUT2D eigenvalue weighted by Gasteiger charge is 2.44. The van der Waals surface area contributed by atoms with Crippen molar-refractivity contribution in [2.45, 2.75) is 29.0 Å². The molecule has 0 aromatic carbocycles. The van der Waals surface area contributed by atoms with E-state index >= 15 is 0 Å². The highest BCUT2D eigenvalue weighted by atomic mass is 32.2. The lowest BCUT2D eigenvalue weighted by atomic mass is 10.0. The Morgan fingerprint density at radius 2 is 2.00 bits per heavy atom. The molecule has 17 heavy (non-hydrogen) atoms. The van der Waals surface area contributed by atoms with Crippen LogP contribution in [0.15, 0.2) is 18.5 Å². The molecule has 0 saturated carbocycles. The number of thioether (sulfide) groups is 1. The van der Waals surface area contributed by atoms with Crippen LogP contribution < -0.4 is 4.84 Å². The summed E-state index contributed by atoms with van der Waals surface area (Å²) in [5.74, 6) is 0. The standard InChI is InChI=1S/C9H14N2O5S/c12-4-5-6(13)7(14)8(15)9(17-5)16-11-3-1-2-10-11/h1-3,5-9,12-15H,4H2/t5-,6+,7-,8+,9-/m0/s1. The Balaban J connectivity index is 2.06. The molecule has 2 rings (SSSR count). The summed E-state index contributed by atoms with van der Waals surface area (Å²) in [6.45, 7) is -0.311. The maximum absolute atomic E-state index is 9.74. The number of hydrogen-bond donors (Lipinski definition) is 4. The Hall–Kier alpha value is -0.800. The lowest BCUT2D eigenvalue weighted by Gasteiger charge is -2.38. The molecular weight excluding hydrogens is 248 g/mol. The second-order valence-electron chi connectivity index (χ2n) is 3.71. The molecule has 8 heteroatoms. The van der Waals surface area contributed by atoms with Crippen LogP contribution in [0.4, 0.5) is 0 Å². The number of aromatic nitrogens is 2. The van der Waals surface area contributed by atoms with E-state index in [0.717, 1.165) is 16.6 Å². The molecular formula is C9H14N2O5S. The molecule has 1 fully saturated rings. The van der Waals surface area contributed by atoms with Crippen LogP contribution in [0.5, 0.6) is 0 Å². The maximum atomic E-state index is 9.74. The van der Waals surface area contributed by atoms with E-state index in [1.165, 1.54) is 6.20 Å². The summed E-state index contributed by atoms with van der Waals surface area (Å²) in [5.41, 5.74) is -0.801. The minimum Gasteiger partial charge on any atom is -0.395 e. The molecule has 1 saturated heterocycles. The summed E-state index contributed by atoms with van der Waals surface area (Å²) >= 11 is 1.06. The smallest absolute Gasteiger partial charge is 0.201 e. The molecule has 96 valence electrons. The normalized spacial score (nSPS) is 38.0. The van der Waals surface area contributed by atoms with Crippen molar-refractivity contribution >= 4 is 11.8 Å². The summed E-state index contributed by atoms with van der Waals surface area (Å²) in [6.07, 6.45) is -0.735. The van der Waals surface area contributed by atoms with E-state index < -0.39 is 29.0 Å². The summed E-state index contributed by atoms with van der Waals surface area (Å²) in [5, 5.41) is 41.2. The first-order valence-corrected chi connectivity index (χ1v) is 6.05. The number of rotatable bonds is 3. The van der Waals surface area contributed by atoms with Gasteiger partial charge in [0.1, 0.15) is 12.2 Å². The summed E-state index contributed by atoms with van der Waals surface area (Å²) in [4.78, 5) is 6.45. The molecule has 1 aliphatic rings. The summed E-state index contributed by atoms with van der Waals surface area (Å²) in [6, 6.07) is 1.65. The number of aliphatic hydroxyl groups excluding tert-OH is 4. The summed E-state index contributed by atoms with van der Waals surface area (Å²) < 4.78 is 0. The molecule has 2 heterocycles. The van der Waals surface area contributed by atoms with Gasteiger partial charge in [0.2, 0.25) is 5.44 Å². The Labute approximate surface area is 102 Å². The SMILES string of the molecule is OC[C@@H]1S[C@H](On2cccn2)[C@H](O)[C@@H](O)[C@@H]1O. The maximum Gasteiger partial charge on any atom is 0.201 e. The first kappa shape index (κ1) is 12.7. The van der Waals surface area contributed by atoms with Crippen LogP contribution in [0, 0.1) is 0 Å². The van der Waals surface area contributed by atoms with Crippen LogP contribution >= 0.6 is 11.8 Å². The number of nitrogens with zero attached hydrogens (tertiary/aromatic N) is 2. The van der Waals surface area contributed by atoms with Crippen molar-refractivity contribution in [3.63, 3.8) is 0 Å². The van der Waals surface area contributed by atoms with Gasteiger partial charge in [0.25, 0.3) is 0 Å². The quantitative estimate of drug-likeness (QED) is 0.491. The Kier molecular flexibility index (Phi) is 3.89. The number of hydrogen-bond acceptors (Lipinski definition) is 7. The van der Waals surface area contributed by atoms with Crippen molar-refractivity contribution in [2.75, 3.05) is 6.61 Å². The van der Waals surface area contributed by atoms with Gasteiger partial charge in [-0.05, 0) is 6.07 Å². The first-order valence-electron chi connectivity index (χ1n) is 5.11. The van der Waals surface area contributed by atoms with Gasteiger partial charge in [-0.1, -0.05) is 0 Å². The van der Waals surface area contributed by atoms with Crippen LogP contribution in [0.2, 0.25) is 0 Å². The fourth-order valence-electron chi connectivity index (χ4n) is 1.58. The minimum atomic E-state index is -1.35. The minimum absolute atomic E-state index is 0.311. The van der Waals surface area contributed by atoms with Gasteiger partial charge in [0, 0.05) is 0 Å². The second-order valence-corrected chi connectivity index (χ2v) is 5.05. The van der Waals surface area contributed by atoms with E-state index in [4.69, 9.17) is 9.94 Å². The van der Waals surface area contributed by atoms with E-state index in [9.17, 15) is 15.3 Å². The molecule has 1 aliphatic heterocycles. The van der Waals surface area contributed by atoms with Crippen LogP contribution in [0.3, 0.4) is 0 Å². The molecule has 0 bridgehead atoms. The van der Waals surface area contributed by atoms with Gasteiger partial charge in [0.15, 0.2) is 0 Å². The van der Waals surface area contributed by atoms with Crippen molar-refractivity contribution in [1.29, 1.82) is 0 Å². The van der Waals surface area contributed by atoms with Crippen molar-refractivity contribution in [3.05, 3.63) is 18.5 Å². The highest BCUT2D eigenvalue weighted by molar-refractivity contribution is 8.00. The van der Waals surface area contributed by atoms with Crippen LogP contribution in [-0.2, 0) is 0 Å². The average molecular weight is 262 g/mol. The highest BCUT2D eigenvalue weighted by Crippen LogP contribution is 2.31. The predicted molar refractivity (Wildman–Crippen MR) is 59.1 cm³/mol. The molecule has 0 unspecified atom stereocenters. The first-order chi connectivity index (χ1) is 8.13. The molecule has 0 amide bonds. The van der Waals surface area contributed by atoms with Gasteiger partial charge in [-0.15, -0.1) is 21.7 Å². The molecule has 4 N–H and O–H groups in total. The molecule has 5 atom stereocenters. The van der Waals surface area contributed by atoms with Crippen LogP contribution in [-0.4, -0.2) is 66.0 Å². The van der Waals surface area contributed by atoms with Crippen molar-refractivity contribution in [2.24, 2.45) is 0 Å². The molecule has 0 radical (unpaired) electrons. The second kappa shape index (κ2) is 5.23. The zero-order valence-electron chi connectivity index (χ0n) is 8.83. The van der Waals surface area contributed by atoms with Gasteiger partial charge < -0.3 is 25.3 Å². The predicted octanol–water partition coefficient (Wildman–Crippen LogP) is -2.17. The van der Waals surface area contributed by atoms with E-state index in [2.05, 4.69) is 5.10 Å². The number of aliphatic hydroxyl groups is 4. The lowest BCUT2D eigenvalue weighted by Crippen LogP contribution is -2.56. The zero-order valence-corrected chi connectivity index (χ0v) is 9.64. The van der Waals surface area contributed by atoms with Crippen molar-refractivity contribution < 1.29 is 25.3 Å². The van der Waals surface area contributed by atoms with Gasteiger partial charge in [-0.3, -0.25) is 0 Å². The fraction of sp³-hybridized carbons (Fsp3) is 0.667. The fourth-order valence-corrected chi connectivity index (χ4v) is 2.79. The average Bonchev–Trinajstić information content (AvgIpc) is 2.83. The van der Waals surface area contributed by atoms with Gasteiger partial charge in [-0.25, -0.2) is 0 Å². The molecule has 0 aliphatic carbocycles. The largest absolute Gasteiger partial charge is 0.395 e. The monoisotopic (exact) mass is 262 g/mol. The van der Waals surface area contributed by atoms with Crippen molar-refractivity contribution in [1.82, 2.24) is 9.94 Å². The van der Waals surface area contributed by atoms with Crippen LogP contribution in [0.25, 0.3) is 0 Å². The van der Waals surface area contributed by atoms with Gasteiger partial charge in [-0.2, -0.15) is 0 Å². The van der Waals surface area contributed by atoms with Gasteiger partial charge in [0.05, 0.1) is 30.4 Å². The third-order valence-corrected chi connectivity index (χ3v) is 3.95. The van der Waals surface area contributed by atoms with Gasteiger partial charge >= 0.3 is 0 Å². The van der Waals surface area contributed by atoms with E-state index in [1.54, 1.807) is 12.3 Å². The third-order valence-electron chi connectivity index (χ3n) is 2.54. The zero-order chi connectivity index (χ0) is 12.4. The topological polar surface area (TPSA) is 108 Å². The van der Waals surface area contributed by atoms with E-state index in [-0.39, 0.29) is 6.61 Å². The molecule has 1 aromatic rings. The van der Waals surface area contributed by atoms with E-state index in [1.807, 2.05) is 0 Å². The van der Waals surface area contributed by atoms with E-state index in [0.29, 0.717) is 0 Å².